The van der Waals surface area contributed by atoms with Crippen LogP contribution in [0.5, 0.6) is 0 Å². The summed E-state index contributed by atoms with van der Waals surface area (Å²) in [6, 6.07) is 11.2. The smallest absolute Gasteiger partial charge is 0.253 e. The summed E-state index contributed by atoms with van der Waals surface area (Å²) in [5, 5.41) is 0.665. The minimum Gasteiger partial charge on any atom is -0.368 e. The summed E-state index contributed by atoms with van der Waals surface area (Å²) < 4.78 is 18.9. The van der Waals surface area contributed by atoms with Gasteiger partial charge in [0.05, 0.1) is 19.1 Å². The number of hydrogen-bond donors (Lipinski definition) is 0. The van der Waals surface area contributed by atoms with Crippen LogP contribution in [0.2, 0.25) is 5.02 Å². The maximum Gasteiger partial charge on any atom is 0.253 e. The van der Waals surface area contributed by atoms with E-state index < -0.39 is 0 Å². The second-order valence-corrected chi connectivity index (χ2v) is 7.82. The van der Waals surface area contributed by atoms with E-state index in [2.05, 4.69) is 0 Å². The lowest BCUT2D eigenvalue weighted by molar-refractivity contribution is -0.134. The summed E-state index contributed by atoms with van der Waals surface area (Å²) >= 11 is 6.03. The lowest BCUT2D eigenvalue weighted by atomic mass is 10.0. The first-order valence-electron chi connectivity index (χ1n) is 9.74. The van der Waals surface area contributed by atoms with Crippen molar-refractivity contribution in [3.8, 4) is 0 Å². The van der Waals surface area contributed by atoms with Gasteiger partial charge >= 0.3 is 0 Å². The first-order chi connectivity index (χ1) is 14.0. The summed E-state index contributed by atoms with van der Waals surface area (Å²) in [5.74, 6) is -0.481. The monoisotopic (exact) mass is 416 g/mol. The van der Waals surface area contributed by atoms with Crippen molar-refractivity contribution in [1.29, 1.82) is 0 Å². The van der Waals surface area contributed by atoms with Crippen LogP contribution in [0.15, 0.2) is 42.5 Å². The minimum atomic E-state index is -0.368. The molecule has 5 nitrogen and oxygen atoms in total. The number of nitrogens with zero attached hydrogens (tertiary/aromatic N) is 2. The molecular weight excluding hydrogens is 395 g/mol. The fourth-order valence-corrected chi connectivity index (χ4v) is 4.09. The number of carbonyl (C=O) groups is 2. The zero-order chi connectivity index (χ0) is 20.4. The highest BCUT2D eigenvalue weighted by Gasteiger charge is 2.29. The molecule has 2 aliphatic rings. The summed E-state index contributed by atoms with van der Waals surface area (Å²) in [5.41, 5.74) is 2.51. The number of rotatable bonds is 3. The number of fused-ring (bicyclic) bond motifs is 1. The third-order valence-electron chi connectivity index (χ3n) is 5.48. The Balaban J connectivity index is 1.36. The van der Waals surface area contributed by atoms with Crippen LogP contribution in [-0.2, 0) is 16.1 Å². The Bertz CT molecular complexity index is 919. The minimum absolute atomic E-state index is 0.0221. The van der Waals surface area contributed by atoms with E-state index in [0.29, 0.717) is 49.8 Å². The van der Waals surface area contributed by atoms with Gasteiger partial charge in [0.25, 0.3) is 5.91 Å². The third kappa shape index (κ3) is 4.43. The topological polar surface area (TPSA) is 49.9 Å². The molecule has 7 heteroatoms. The standard InChI is InChI=1S/C22H22ClFN2O3/c23-17-4-7-19-16(12-17)14-29-20(19)13-21(27)25-8-1-9-26(11-10-25)22(28)15-2-5-18(24)6-3-15/h2-7,12,20H,1,8-11,13-14H2. The van der Waals surface area contributed by atoms with E-state index in [0.717, 1.165) is 11.1 Å². The van der Waals surface area contributed by atoms with E-state index in [9.17, 15) is 14.0 Å². The van der Waals surface area contributed by atoms with Crippen LogP contribution < -0.4 is 0 Å². The van der Waals surface area contributed by atoms with Crippen LogP contribution >= 0.6 is 11.6 Å². The zero-order valence-corrected chi connectivity index (χ0v) is 16.7. The molecule has 1 atom stereocenters. The number of carbonyl (C=O) groups excluding carboxylic acids is 2. The van der Waals surface area contributed by atoms with Gasteiger partial charge in [-0.3, -0.25) is 9.59 Å². The zero-order valence-electron chi connectivity index (χ0n) is 15.9. The van der Waals surface area contributed by atoms with Crippen molar-refractivity contribution >= 4 is 23.4 Å². The fraction of sp³-hybridized carbons (Fsp3) is 0.364. The van der Waals surface area contributed by atoms with E-state index in [1.807, 2.05) is 18.2 Å². The highest BCUT2D eigenvalue weighted by Crippen LogP contribution is 2.35. The highest BCUT2D eigenvalue weighted by molar-refractivity contribution is 6.30. The molecule has 0 radical (unpaired) electrons. The SMILES string of the molecule is O=C(CC1OCc2cc(Cl)ccc21)N1CCCN(C(=O)c2ccc(F)cc2)CC1. The van der Waals surface area contributed by atoms with Crippen molar-refractivity contribution in [2.45, 2.75) is 25.6 Å². The molecule has 1 unspecified atom stereocenters. The van der Waals surface area contributed by atoms with Crippen molar-refractivity contribution in [2.75, 3.05) is 26.2 Å². The van der Waals surface area contributed by atoms with Crippen LogP contribution in [0.25, 0.3) is 0 Å². The quantitative estimate of drug-likeness (QED) is 0.764. The molecule has 1 fully saturated rings. The van der Waals surface area contributed by atoms with Gasteiger partial charge in [-0.25, -0.2) is 4.39 Å². The van der Waals surface area contributed by atoms with E-state index in [1.165, 1.54) is 24.3 Å². The molecule has 4 rings (SSSR count). The highest BCUT2D eigenvalue weighted by atomic mass is 35.5. The van der Waals surface area contributed by atoms with Gasteiger partial charge in [-0.2, -0.15) is 0 Å². The predicted octanol–water partition coefficient (Wildman–Crippen LogP) is 3.82. The van der Waals surface area contributed by atoms with E-state index in [-0.39, 0.29) is 30.2 Å². The molecule has 2 aliphatic heterocycles. The van der Waals surface area contributed by atoms with Crippen LogP contribution in [-0.4, -0.2) is 47.8 Å². The molecular formula is C22H22ClFN2O3. The third-order valence-corrected chi connectivity index (χ3v) is 5.71. The fourth-order valence-electron chi connectivity index (χ4n) is 3.90. The molecule has 0 N–H and O–H groups in total. The van der Waals surface area contributed by atoms with Crippen molar-refractivity contribution in [3.63, 3.8) is 0 Å². The Hall–Kier alpha value is -2.44. The van der Waals surface area contributed by atoms with Gasteiger partial charge in [-0.05, 0) is 53.9 Å². The number of amides is 2. The molecule has 0 bridgehead atoms. The number of halogens is 2. The van der Waals surface area contributed by atoms with E-state index in [4.69, 9.17) is 16.3 Å². The Morgan fingerprint density at radius 1 is 1.03 bits per heavy atom. The molecule has 0 saturated carbocycles. The molecule has 29 heavy (non-hydrogen) atoms. The average molecular weight is 417 g/mol. The molecule has 0 aromatic heterocycles. The molecule has 2 aromatic rings. The average Bonchev–Trinajstić information content (AvgIpc) is 2.94. The van der Waals surface area contributed by atoms with Crippen LogP contribution in [0, 0.1) is 5.82 Å². The summed E-state index contributed by atoms with van der Waals surface area (Å²) in [6.07, 6.45) is 0.728. The second-order valence-electron chi connectivity index (χ2n) is 7.38. The number of benzene rings is 2. The van der Waals surface area contributed by atoms with Gasteiger partial charge in [-0.15, -0.1) is 0 Å². The lowest BCUT2D eigenvalue weighted by Gasteiger charge is -2.23. The Morgan fingerprint density at radius 3 is 2.55 bits per heavy atom. The first-order valence-corrected chi connectivity index (χ1v) is 10.1. The second kappa shape index (κ2) is 8.51. The Labute approximate surface area is 174 Å². The Kier molecular flexibility index (Phi) is 5.83. The van der Waals surface area contributed by atoms with E-state index in [1.54, 1.807) is 9.80 Å². The largest absolute Gasteiger partial charge is 0.368 e. The van der Waals surface area contributed by atoms with Crippen molar-refractivity contribution < 1.29 is 18.7 Å². The molecule has 152 valence electrons. The molecule has 0 spiro atoms. The van der Waals surface area contributed by atoms with E-state index >= 15 is 0 Å². The normalized spacial score (nSPS) is 19.0. The van der Waals surface area contributed by atoms with Gasteiger partial charge in [0.1, 0.15) is 5.82 Å². The van der Waals surface area contributed by atoms with Crippen LogP contribution in [0.1, 0.15) is 40.4 Å². The maximum absolute atomic E-state index is 13.1. The number of ether oxygens (including phenoxy) is 1. The summed E-state index contributed by atoms with van der Waals surface area (Å²) in [6.45, 7) is 2.58. The van der Waals surface area contributed by atoms with Crippen LogP contribution in [0.3, 0.4) is 0 Å². The lowest BCUT2D eigenvalue weighted by Crippen LogP contribution is -2.37. The molecule has 2 amide bonds. The molecule has 2 aromatic carbocycles. The molecule has 0 aliphatic carbocycles. The van der Waals surface area contributed by atoms with Crippen molar-refractivity contribution in [2.24, 2.45) is 0 Å². The number of hydrogen-bond acceptors (Lipinski definition) is 3. The predicted molar refractivity (Wildman–Crippen MR) is 107 cm³/mol. The maximum atomic E-state index is 13.1. The summed E-state index contributed by atoms with van der Waals surface area (Å²) in [4.78, 5) is 29.0. The van der Waals surface area contributed by atoms with Crippen LogP contribution in [0.4, 0.5) is 4.39 Å². The van der Waals surface area contributed by atoms with Gasteiger partial charge in [0.15, 0.2) is 0 Å². The van der Waals surface area contributed by atoms with Gasteiger partial charge < -0.3 is 14.5 Å². The first kappa shape index (κ1) is 19.9. The molecule has 2 heterocycles. The van der Waals surface area contributed by atoms with Crippen molar-refractivity contribution in [1.82, 2.24) is 9.80 Å². The van der Waals surface area contributed by atoms with Gasteiger partial charge in [0.2, 0.25) is 5.91 Å². The van der Waals surface area contributed by atoms with Crippen molar-refractivity contribution in [3.05, 3.63) is 70.0 Å². The summed E-state index contributed by atoms with van der Waals surface area (Å²) in [7, 11) is 0. The Morgan fingerprint density at radius 2 is 1.76 bits per heavy atom. The van der Waals surface area contributed by atoms with Gasteiger partial charge in [-0.1, -0.05) is 17.7 Å². The van der Waals surface area contributed by atoms with Gasteiger partial charge in [0, 0.05) is 36.8 Å². The molecule has 1 saturated heterocycles.